The van der Waals surface area contributed by atoms with Crippen LogP contribution in [0.5, 0.6) is 17.2 Å². The van der Waals surface area contributed by atoms with E-state index >= 15 is 0 Å². The van der Waals surface area contributed by atoms with Gasteiger partial charge in [0.25, 0.3) is 11.8 Å². The Hall–Kier alpha value is -3.33. The standard InChI is InChI=1S/C22H27N3O5S/c1-14(2)10-11-30-17-7-5-6-15(12-17)20(26)23-22(31)25-24-21(27)16-8-9-18(28-3)19(13-16)29-4/h5-9,12-14H,10-11H2,1-4H3,(H,24,27)(H2,23,25,26,31). The lowest BCUT2D eigenvalue weighted by Gasteiger charge is -2.13. The summed E-state index contributed by atoms with van der Waals surface area (Å²) in [5, 5.41) is 2.46. The van der Waals surface area contributed by atoms with E-state index in [4.69, 9.17) is 26.4 Å². The average Bonchev–Trinajstić information content (AvgIpc) is 2.76. The Morgan fingerprint density at radius 3 is 2.32 bits per heavy atom. The predicted octanol–water partition coefficient (Wildman–Crippen LogP) is 3.08. The smallest absolute Gasteiger partial charge is 0.269 e. The van der Waals surface area contributed by atoms with Crippen molar-refractivity contribution < 1.29 is 23.8 Å². The minimum absolute atomic E-state index is 0.0510. The molecular weight excluding hydrogens is 418 g/mol. The number of methoxy groups -OCH3 is 2. The fourth-order valence-corrected chi connectivity index (χ4v) is 2.65. The summed E-state index contributed by atoms with van der Waals surface area (Å²) in [4.78, 5) is 24.7. The zero-order valence-corrected chi connectivity index (χ0v) is 18.8. The van der Waals surface area contributed by atoms with Crippen LogP contribution in [0.4, 0.5) is 0 Å². The number of nitrogens with one attached hydrogen (secondary N) is 3. The van der Waals surface area contributed by atoms with Gasteiger partial charge in [-0.1, -0.05) is 19.9 Å². The number of carbonyl (C=O) groups is 2. The second-order valence-corrected chi connectivity index (χ2v) is 7.40. The first kappa shape index (κ1) is 23.9. The van der Waals surface area contributed by atoms with E-state index in [0.29, 0.717) is 40.9 Å². The lowest BCUT2D eigenvalue weighted by Crippen LogP contribution is -2.48. The molecule has 0 spiro atoms. The second kappa shape index (κ2) is 11.8. The SMILES string of the molecule is COc1ccc(C(=O)NNC(=S)NC(=O)c2cccc(OCCC(C)C)c2)cc1OC. The van der Waals surface area contributed by atoms with E-state index in [1.165, 1.54) is 20.3 Å². The van der Waals surface area contributed by atoms with E-state index in [1.807, 2.05) is 0 Å². The Morgan fingerprint density at radius 2 is 1.65 bits per heavy atom. The van der Waals surface area contributed by atoms with Crippen LogP contribution in [0.25, 0.3) is 0 Å². The first-order valence-corrected chi connectivity index (χ1v) is 10.1. The molecule has 166 valence electrons. The fraction of sp³-hybridized carbons (Fsp3) is 0.318. The van der Waals surface area contributed by atoms with Crippen molar-refractivity contribution in [3.8, 4) is 17.2 Å². The van der Waals surface area contributed by atoms with Crippen LogP contribution in [0.3, 0.4) is 0 Å². The molecule has 3 N–H and O–H groups in total. The summed E-state index contributed by atoms with van der Waals surface area (Å²) in [6, 6.07) is 11.5. The van der Waals surface area contributed by atoms with Crippen LogP contribution in [-0.2, 0) is 0 Å². The van der Waals surface area contributed by atoms with Gasteiger partial charge in [0.15, 0.2) is 16.6 Å². The third-order valence-electron chi connectivity index (χ3n) is 4.22. The second-order valence-electron chi connectivity index (χ2n) is 6.99. The van der Waals surface area contributed by atoms with Crippen molar-refractivity contribution in [1.29, 1.82) is 0 Å². The first-order chi connectivity index (χ1) is 14.8. The number of hydrogen-bond donors (Lipinski definition) is 3. The third kappa shape index (κ3) is 7.45. The number of carbonyl (C=O) groups excluding carboxylic acids is 2. The zero-order valence-electron chi connectivity index (χ0n) is 18.0. The lowest BCUT2D eigenvalue weighted by molar-refractivity contribution is 0.0934. The van der Waals surface area contributed by atoms with Crippen molar-refractivity contribution >= 4 is 29.1 Å². The number of amides is 2. The topological polar surface area (TPSA) is 97.9 Å². The van der Waals surface area contributed by atoms with Crippen molar-refractivity contribution in [1.82, 2.24) is 16.2 Å². The average molecular weight is 446 g/mol. The molecule has 0 bridgehead atoms. The summed E-state index contributed by atoms with van der Waals surface area (Å²) in [5.41, 5.74) is 5.64. The molecule has 0 radical (unpaired) electrons. The number of hydrazine groups is 1. The highest BCUT2D eigenvalue weighted by Crippen LogP contribution is 2.27. The molecular formula is C22H27N3O5S. The Kier molecular flexibility index (Phi) is 9.08. The summed E-state index contributed by atoms with van der Waals surface area (Å²) in [6.07, 6.45) is 0.921. The summed E-state index contributed by atoms with van der Waals surface area (Å²) >= 11 is 5.08. The summed E-state index contributed by atoms with van der Waals surface area (Å²) in [6.45, 7) is 4.81. The fourth-order valence-electron chi connectivity index (χ4n) is 2.51. The maximum absolute atomic E-state index is 12.4. The molecule has 2 aromatic carbocycles. The van der Waals surface area contributed by atoms with Crippen LogP contribution < -0.4 is 30.4 Å². The van der Waals surface area contributed by atoms with E-state index < -0.39 is 11.8 Å². The minimum atomic E-state index is -0.460. The van der Waals surface area contributed by atoms with Crippen molar-refractivity contribution in [2.75, 3.05) is 20.8 Å². The molecule has 0 aromatic heterocycles. The van der Waals surface area contributed by atoms with Crippen molar-refractivity contribution in [2.24, 2.45) is 5.92 Å². The van der Waals surface area contributed by atoms with E-state index in [-0.39, 0.29) is 5.11 Å². The maximum Gasteiger partial charge on any atom is 0.269 e. The molecule has 0 aliphatic heterocycles. The lowest BCUT2D eigenvalue weighted by atomic mass is 10.1. The Balaban J connectivity index is 1.88. The molecule has 8 nitrogen and oxygen atoms in total. The monoisotopic (exact) mass is 445 g/mol. The molecule has 0 saturated carbocycles. The number of benzene rings is 2. The number of hydrogen-bond acceptors (Lipinski definition) is 6. The van der Waals surface area contributed by atoms with Gasteiger partial charge in [0, 0.05) is 11.1 Å². The Bertz CT molecular complexity index is 933. The van der Waals surface area contributed by atoms with Crippen molar-refractivity contribution in [2.45, 2.75) is 20.3 Å². The molecule has 0 aliphatic rings. The quantitative estimate of drug-likeness (QED) is 0.424. The van der Waals surface area contributed by atoms with Gasteiger partial charge in [0.2, 0.25) is 0 Å². The predicted molar refractivity (Wildman–Crippen MR) is 122 cm³/mol. The van der Waals surface area contributed by atoms with Crippen LogP contribution in [0.15, 0.2) is 42.5 Å². The highest BCUT2D eigenvalue weighted by molar-refractivity contribution is 7.80. The van der Waals surface area contributed by atoms with Gasteiger partial charge >= 0.3 is 0 Å². The van der Waals surface area contributed by atoms with E-state index in [1.54, 1.807) is 36.4 Å². The van der Waals surface area contributed by atoms with Gasteiger partial charge in [-0.2, -0.15) is 0 Å². The summed E-state index contributed by atoms with van der Waals surface area (Å²) in [5.74, 6) is 1.18. The number of ether oxygens (including phenoxy) is 3. The molecule has 31 heavy (non-hydrogen) atoms. The number of thiocarbonyl (C=S) groups is 1. The van der Waals surface area contributed by atoms with Gasteiger partial charge in [0.1, 0.15) is 5.75 Å². The molecule has 0 atom stereocenters. The van der Waals surface area contributed by atoms with Gasteiger partial charge in [-0.15, -0.1) is 0 Å². The van der Waals surface area contributed by atoms with E-state index in [2.05, 4.69) is 30.0 Å². The zero-order chi connectivity index (χ0) is 22.8. The van der Waals surface area contributed by atoms with Gasteiger partial charge < -0.3 is 14.2 Å². The van der Waals surface area contributed by atoms with Crippen LogP contribution in [-0.4, -0.2) is 37.8 Å². The van der Waals surface area contributed by atoms with Crippen LogP contribution >= 0.6 is 12.2 Å². The number of rotatable bonds is 8. The maximum atomic E-state index is 12.4. The molecule has 0 heterocycles. The van der Waals surface area contributed by atoms with Crippen molar-refractivity contribution in [3.05, 3.63) is 53.6 Å². The van der Waals surface area contributed by atoms with Gasteiger partial charge in [0.05, 0.1) is 20.8 Å². The molecule has 0 saturated heterocycles. The van der Waals surface area contributed by atoms with Crippen LogP contribution in [0, 0.1) is 5.92 Å². The highest BCUT2D eigenvalue weighted by atomic mass is 32.1. The molecule has 0 aliphatic carbocycles. The first-order valence-electron chi connectivity index (χ1n) is 9.70. The molecule has 9 heteroatoms. The molecule has 2 rings (SSSR count). The third-order valence-corrected chi connectivity index (χ3v) is 4.43. The Labute approximate surface area is 187 Å². The minimum Gasteiger partial charge on any atom is -0.494 e. The Morgan fingerprint density at radius 1 is 0.935 bits per heavy atom. The molecule has 2 aromatic rings. The van der Waals surface area contributed by atoms with Crippen molar-refractivity contribution in [3.63, 3.8) is 0 Å². The highest BCUT2D eigenvalue weighted by Gasteiger charge is 2.13. The van der Waals surface area contributed by atoms with Crippen LogP contribution in [0.2, 0.25) is 0 Å². The normalized spacial score (nSPS) is 10.2. The van der Waals surface area contributed by atoms with Gasteiger partial charge in [-0.25, -0.2) is 0 Å². The summed E-state index contributed by atoms with van der Waals surface area (Å²) < 4.78 is 16.0. The molecule has 0 fully saturated rings. The molecule has 0 unspecified atom stereocenters. The van der Waals surface area contributed by atoms with E-state index in [9.17, 15) is 9.59 Å². The molecule has 2 amide bonds. The van der Waals surface area contributed by atoms with Gasteiger partial charge in [-0.05, 0) is 61.0 Å². The van der Waals surface area contributed by atoms with Gasteiger partial charge in [-0.3, -0.25) is 25.8 Å². The van der Waals surface area contributed by atoms with Crippen LogP contribution in [0.1, 0.15) is 41.0 Å². The largest absolute Gasteiger partial charge is 0.494 e. The summed E-state index contributed by atoms with van der Waals surface area (Å²) in [7, 11) is 2.99. The van der Waals surface area contributed by atoms with E-state index in [0.717, 1.165) is 6.42 Å².